The highest BCUT2D eigenvalue weighted by Gasteiger charge is 2.25. The number of benzene rings is 1. The molecule has 0 radical (unpaired) electrons. The topological polar surface area (TPSA) is 125 Å². The predicted molar refractivity (Wildman–Crippen MR) is 116 cm³/mol. The molecule has 0 aliphatic carbocycles. The lowest BCUT2D eigenvalue weighted by molar-refractivity contribution is -0.134. The van der Waals surface area contributed by atoms with Gasteiger partial charge in [0.1, 0.15) is 0 Å². The zero-order valence-corrected chi connectivity index (χ0v) is 18.9. The molecule has 0 aliphatic heterocycles. The number of hydrogen-bond acceptors (Lipinski definition) is 5. The van der Waals surface area contributed by atoms with Crippen LogP contribution < -0.4 is 10.0 Å². The van der Waals surface area contributed by atoms with Crippen molar-refractivity contribution in [2.24, 2.45) is 0 Å². The van der Waals surface area contributed by atoms with Crippen LogP contribution in [0.2, 0.25) is 0 Å². The third-order valence-corrected chi connectivity index (χ3v) is 5.15. The summed E-state index contributed by atoms with van der Waals surface area (Å²) >= 11 is 0. The molecule has 0 saturated heterocycles. The molecule has 0 unspecified atom stereocenters. The molecule has 1 amide bonds. The van der Waals surface area contributed by atoms with E-state index < -0.39 is 21.5 Å². The highest BCUT2D eigenvalue weighted by molar-refractivity contribution is 7.89. The van der Waals surface area contributed by atoms with E-state index in [1.807, 2.05) is 13.8 Å². The lowest BCUT2D eigenvalue weighted by Gasteiger charge is -2.21. The number of nitrogens with zero attached hydrogens (tertiary/aromatic N) is 1. The molecule has 0 bridgehead atoms. The van der Waals surface area contributed by atoms with Gasteiger partial charge in [0, 0.05) is 35.8 Å². The van der Waals surface area contributed by atoms with Crippen LogP contribution in [0, 0.1) is 0 Å². The fourth-order valence-electron chi connectivity index (χ4n) is 2.44. The van der Waals surface area contributed by atoms with Gasteiger partial charge in [0.2, 0.25) is 10.0 Å². The number of carbonyl (C=O) groups is 2. The second kappa shape index (κ2) is 10.3. The quantitative estimate of drug-likeness (QED) is 0.663. The second-order valence-corrected chi connectivity index (χ2v) is 9.58. The van der Waals surface area contributed by atoms with E-state index in [4.69, 9.17) is 9.90 Å². The number of hydrogen-bond donors (Lipinski definition) is 3. The van der Waals surface area contributed by atoms with Crippen LogP contribution >= 0.6 is 0 Å². The molecular weight excluding hydrogens is 406 g/mol. The first kappa shape index (κ1) is 25.3. The first-order valence-corrected chi connectivity index (χ1v) is 10.8. The minimum Gasteiger partial charge on any atom is -0.481 e. The number of sulfonamides is 1. The monoisotopic (exact) mass is 435 g/mol. The van der Waals surface area contributed by atoms with Crippen molar-refractivity contribution >= 4 is 21.9 Å². The minimum atomic E-state index is -3.74. The molecule has 0 fully saturated rings. The first-order valence-electron chi connectivity index (χ1n) is 9.33. The van der Waals surface area contributed by atoms with E-state index in [1.54, 1.807) is 51.1 Å². The fourth-order valence-corrected chi connectivity index (χ4v) is 4.07. The maximum Gasteiger partial charge on any atom is 0.300 e. The normalized spacial score (nSPS) is 11.4. The van der Waals surface area contributed by atoms with E-state index in [1.165, 1.54) is 12.3 Å². The molecule has 2 rings (SSSR count). The summed E-state index contributed by atoms with van der Waals surface area (Å²) in [4.78, 5) is 25.6. The zero-order chi connectivity index (χ0) is 23.1. The fraction of sp³-hybridized carbons (Fsp3) is 0.381. The van der Waals surface area contributed by atoms with Crippen molar-refractivity contribution in [1.82, 2.24) is 15.0 Å². The van der Waals surface area contributed by atoms with Crippen molar-refractivity contribution in [2.45, 2.75) is 58.0 Å². The van der Waals surface area contributed by atoms with Gasteiger partial charge in [-0.1, -0.05) is 18.2 Å². The molecule has 0 saturated carbocycles. The van der Waals surface area contributed by atoms with Gasteiger partial charge in [0.25, 0.3) is 11.9 Å². The molecule has 8 nitrogen and oxygen atoms in total. The van der Waals surface area contributed by atoms with Crippen molar-refractivity contribution in [3.8, 4) is 11.3 Å². The summed E-state index contributed by atoms with van der Waals surface area (Å²) in [6.07, 6.45) is 1.51. The number of rotatable bonds is 5. The molecule has 1 heterocycles. The van der Waals surface area contributed by atoms with Gasteiger partial charge >= 0.3 is 0 Å². The highest BCUT2D eigenvalue weighted by Crippen LogP contribution is 2.27. The molecular formula is C21H29N3O5S. The Hall–Kier alpha value is -2.78. The number of aliphatic carboxylic acids is 1. The van der Waals surface area contributed by atoms with Crippen LogP contribution in [-0.4, -0.2) is 42.0 Å². The van der Waals surface area contributed by atoms with E-state index >= 15 is 0 Å². The van der Waals surface area contributed by atoms with Crippen LogP contribution in [0.3, 0.4) is 0 Å². The third kappa shape index (κ3) is 8.30. The Morgan fingerprint density at radius 2 is 1.67 bits per heavy atom. The molecule has 164 valence electrons. The Labute approximate surface area is 177 Å². The number of nitrogens with one attached hydrogen (secondary N) is 2. The average molecular weight is 436 g/mol. The molecule has 0 aliphatic rings. The largest absolute Gasteiger partial charge is 0.481 e. The summed E-state index contributed by atoms with van der Waals surface area (Å²) in [5.41, 5.74) is 0.692. The molecule has 1 aromatic heterocycles. The molecule has 30 heavy (non-hydrogen) atoms. The van der Waals surface area contributed by atoms with Crippen molar-refractivity contribution in [2.75, 3.05) is 0 Å². The molecule has 3 N–H and O–H groups in total. The summed E-state index contributed by atoms with van der Waals surface area (Å²) in [6, 6.07) is 9.83. The van der Waals surface area contributed by atoms with Gasteiger partial charge in [-0.15, -0.1) is 0 Å². The molecule has 9 heteroatoms. The number of carbonyl (C=O) groups excluding carboxylic acids is 1. The SMILES string of the molecule is CC(=O)O.CC(C)NC(=O)c1ccnc(-c2ccccc2S(=O)(=O)NC(C)(C)C)c1. The Kier molecular flexibility index (Phi) is 8.68. The standard InChI is InChI=1S/C19H25N3O3S.C2H4O2/c1-13(2)21-18(23)14-10-11-20-16(12-14)15-8-6-7-9-17(15)26(24,25)22-19(3,4)5;1-2(3)4/h6-13,22H,1-5H3,(H,21,23);1H3,(H,3,4). The van der Waals surface area contributed by atoms with Crippen LogP contribution in [0.5, 0.6) is 0 Å². The lowest BCUT2D eigenvalue weighted by Crippen LogP contribution is -2.40. The Bertz CT molecular complexity index is 992. The van der Waals surface area contributed by atoms with E-state index in [-0.39, 0.29) is 16.8 Å². The van der Waals surface area contributed by atoms with E-state index in [9.17, 15) is 13.2 Å². The first-order chi connectivity index (χ1) is 13.7. The number of carboxylic acids is 1. The van der Waals surface area contributed by atoms with Crippen molar-refractivity contribution in [3.63, 3.8) is 0 Å². The van der Waals surface area contributed by atoms with E-state index in [0.29, 0.717) is 16.8 Å². The van der Waals surface area contributed by atoms with Crippen LogP contribution in [0.4, 0.5) is 0 Å². The van der Waals surface area contributed by atoms with Gasteiger partial charge in [-0.05, 0) is 52.8 Å². The molecule has 2 aromatic rings. The van der Waals surface area contributed by atoms with Crippen molar-refractivity contribution in [3.05, 3.63) is 48.2 Å². The predicted octanol–water partition coefficient (Wildman–Crippen LogP) is 3.05. The maximum atomic E-state index is 12.8. The highest BCUT2D eigenvalue weighted by atomic mass is 32.2. The van der Waals surface area contributed by atoms with Crippen LogP contribution in [0.25, 0.3) is 11.3 Å². The number of carboxylic acid groups (broad SMARTS) is 1. The summed E-state index contributed by atoms with van der Waals surface area (Å²) in [7, 11) is -3.74. The summed E-state index contributed by atoms with van der Waals surface area (Å²) in [5.74, 6) is -1.06. The van der Waals surface area contributed by atoms with Crippen LogP contribution in [-0.2, 0) is 14.8 Å². The van der Waals surface area contributed by atoms with E-state index in [2.05, 4.69) is 15.0 Å². The maximum absolute atomic E-state index is 12.8. The van der Waals surface area contributed by atoms with Crippen LogP contribution in [0.15, 0.2) is 47.5 Å². The second-order valence-electron chi connectivity index (χ2n) is 7.93. The smallest absolute Gasteiger partial charge is 0.300 e. The van der Waals surface area contributed by atoms with Crippen LogP contribution in [0.1, 0.15) is 51.9 Å². The van der Waals surface area contributed by atoms with Crippen molar-refractivity contribution in [1.29, 1.82) is 0 Å². The van der Waals surface area contributed by atoms with Gasteiger partial charge in [-0.3, -0.25) is 14.6 Å². The molecule has 1 aromatic carbocycles. The summed E-state index contributed by atoms with van der Waals surface area (Å²) < 4.78 is 28.2. The number of pyridine rings is 1. The third-order valence-electron chi connectivity index (χ3n) is 3.33. The molecule has 0 atom stereocenters. The minimum absolute atomic E-state index is 0.00256. The summed E-state index contributed by atoms with van der Waals surface area (Å²) in [5, 5.41) is 10.2. The lowest BCUT2D eigenvalue weighted by atomic mass is 10.1. The van der Waals surface area contributed by atoms with Gasteiger partial charge < -0.3 is 10.4 Å². The number of aromatic nitrogens is 1. The Morgan fingerprint density at radius 1 is 1.10 bits per heavy atom. The average Bonchev–Trinajstić information content (AvgIpc) is 2.59. The van der Waals surface area contributed by atoms with Gasteiger partial charge in [0.05, 0.1) is 10.6 Å². The zero-order valence-electron chi connectivity index (χ0n) is 18.1. The Balaban J connectivity index is 0.00000103. The van der Waals surface area contributed by atoms with E-state index in [0.717, 1.165) is 6.92 Å². The molecule has 0 spiro atoms. The van der Waals surface area contributed by atoms with Gasteiger partial charge in [-0.2, -0.15) is 0 Å². The number of amides is 1. The van der Waals surface area contributed by atoms with Gasteiger partial charge in [0.15, 0.2) is 0 Å². The van der Waals surface area contributed by atoms with Gasteiger partial charge in [-0.25, -0.2) is 13.1 Å². The van der Waals surface area contributed by atoms with Crippen molar-refractivity contribution < 1.29 is 23.1 Å². The Morgan fingerprint density at radius 3 is 2.20 bits per heavy atom. The summed E-state index contributed by atoms with van der Waals surface area (Å²) in [6.45, 7) is 10.2.